The Kier molecular flexibility index (Phi) is 5.86. The fraction of sp³-hybridized carbons (Fsp3) is 0.211. The van der Waals surface area contributed by atoms with Crippen LogP contribution >= 0.6 is 11.6 Å². The smallest absolute Gasteiger partial charge is 0.194 e. The van der Waals surface area contributed by atoms with Crippen LogP contribution in [-0.2, 0) is 13.1 Å². The second-order valence-corrected chi connectivity index (χ2v) is 6.27. The van der Waals surface area contributed by atoms with Crippen LogP contribution in [0.2, 0.25) is 5.02 Å². The zero-order valence-corrected chi connectivity index (χ0v) is 15.6. The Bertz CT molecular complexity index is 857. The predicted octanol–water partition coefficient (Wildman–Crippen LogP) is 3.13. The average molecular weight is 369 g/mol. The standard InChI is InChI=1S/C19H21ClN6/c1-21-19(25(2)13-15-8-10-16(20)11-9-15)22-12-18-24-23-14-26(18)17-6-4-3-5-7-17/h3-11,14H,12-13H2,1-2H3,(H,21,22). The topological polar surface area (TPSA) is 58.3 Å². The van der Waals surface area contributed by atoms with Crippen LogP contribution in [0.15, 0.2) is 65.9 Å². The Hall–Kier alpha value is -2.86. The Balaban J connectivity index is 1.65. The van der Waals surface area contributed by atoms with E-state index in [0.717, 1.165) is 34.6 Å². The SMILES string of the molecule is CN=C(NCc1nncn1-c1ccccc1)N(C)Cc1ccc(Cl)cc1. The van der Waals surface area contributed by atoms with Gasteiger partial charge in [0.1, 0.15) is 6.33 Å². The predicted molar refractivity (Wildman–Crippen MR) is 104 cm³/mol. The molecule has 0 atom stereocenters. The third-order valence-corrected chi connectivity index (χ3v) is 4.22. The molecule has 3 aromatic rings. The molecule has 0 unspecified atom stereocenters. The summed E-state index contributed by atoms with van der Waals surface area (Å²) in [6, 6.07) is 17.8. The maximum atomic E-state index is 5.95. The first-order valence-electron chi connectivity index (χ1n) is 8.28. The van der Waals surface area contributed by atoms with Crippen molar-refractivity contribution in [2.24, 2.45) is 4.99 Å². The summed E-state index contributed by atoms with van der Waals surface area (Å²) in [5.74, 6) is 1.60. The normalized spacial score (nSPS) is 11.4. The number of aromatic nitrogens is 3. The van der Waals surface area contributed by atoms with Crippen molar-refractivity contribution in [1.29, 1.82) is 0 Å². The van der Waals surface area contributed by atoms with Crippen molar-refractivity contribution in [3.05, 3.63) is 77.3 Å². The van der Waals surface area contributed by atoms with Crippen molar-refractivity contribution in [3.8, 4) is 5.69 Å². The highest BCUT2D eigenvalue weighted by Gasteiger charge is 2.10. The number of aliphatic imine (C=N–C) groups is 1. The lowest BCUT2D eigenvalue weighted by Gasteiger charge is -2.22. The van der Waals surface area contributed by atoms with Gasteiger partial charge in [0, 0.05) is 31.4 Å². The number of guanidine groups is 1. The molecular weight excluding hydrogens is 348 g/mol. The summed E-state index contributed by atoms with van der Waals surface area (Å²) >= 11 is 5.95. The highest BCUT2D eigenvalue weighted by molar-refractivity contribution is 6.30. The van der Waals surface area contributed by atoms with Gasteiger partial charge in [0.25, 0.3) is 0 Å². The van der Waals surface area contributed by atoms with Crippen molar-refractivity contribution in [3.63, 3.8) is 0 Å². The molecule has 3 rings (SSSR count). The zero-order chi connectivity index (χ0) is 18.4. The van der Waals surface area contributed by atoms with Crippen molar-refractivity contribution in [2.45, 2.75) is 13.1 Å². The molecule has 2 aromatic carbocycles. The zero-order valence-electron chi connectivity index (χ0n) is 14.8. The lowest BCUT2D eigenvalue weighted by molar-refractivity contribution is 0.475. The van der Waals surface area contributed by atoms with Crippen molar-refractivity contribution in [1.82, 2.24) is 25.0 Å². The molecule has 0 aliphatic rings. The van der Waals surface area contributed by atoms with Crippen LogP contribution in [0.4, 0.5) is 0 Å². The molecule has 134 valence electrons. The van der Waals surface area contributed by atoms with E-state index in [1.807, 2.05) is 71.1 Å². The van der Waals surface area contributed by atoms with Crippen LogP contribution in [0, 0.1) is 0 Å². The van der Waals surface area contributed by atoms with Crippen LogP contribution in [-0.4, -0.2) is 39.7 Å². The third-order valence-electron chi connectivity index (χ3n) is 3.96. The van der Waals surface area contributed by atoms with E-state index in [1.165, 1.54) is 0 Å². The van der Waals surface area contributed by atoms with Gasteiger partial charge in [0.15, 0.2) is 11.8 Å². The number of para-hydroxylation sites is 1. The van der Waals surface area contributed by atoms with Crippen molar-refractivity contribution < 1.29 is 0 Å². The fourth-order valence-electron chi connectivity index (χ4n) is 2.67. The summed E-state index contributed by atoms with van der Waals surface area (Å²) in [5.41, 5.74) is 2.19. The molecule has 0 radical (unpaired) electrons. The summed E-state index contributed by atoms with van der Waals surface area (Å²) in [6.45, 7) is 1.24. The number of benzene rings is 2. The maximum Gasteiger partial charge on any atom is 0.194 e. The van der Waals surface area contributed by atoms with E-state index in [4.69, 9.17) is 11.6 Å². The number of hydrogen-bond acceptors (Lipinski definition) is 3. The van der Waals surface area contributed by atoms with E-state index in [9.17, 15) is 0 Å². The molecule has 0 fully saturated rings. The second kappa shape index (κ2) is 8.49. The van der Waals surface area contributed by atoms with Gasteiger partial charge < -0.3 is 10.2 Å². The van der Waals surface area contributed by atoms with Gasteiger partial charge in [-0.1, -0.05) is 41.9 Å². The van der Waals surface area contributed by atoms with Gasteiger partial charge in [-0.15, -0.1) is 10.2 Å². The number of hydrogen-bond donors (Lipinski definition) is 1. The van der Waals surface area contributed by atoms with Crippen LogP contribution in [0.3, 0.4) is 0 Å². The molecule has 26 heavy (non-hydrogen) atoms. The first kappa shape index (κ1) is 17.9. The molecule has 1 aromatic heterocycles. The van der Waals surface area contributed by atoms with E-state index in [2.05, 4.69) is 20.5 Å². The molecule has 0 aliphatic carbocycles. The van der Waals surface area contributed by atoms with Gasteiger partial charge in [-0.3, -0.25) is 9.56 Å². The van der Waals surface area contributed by atoms with Crippen molar-refractivity contribution >= 4 is 17.6 Å². The van der Waals surface area contributed by atoms with Gasteiger partial charge >= 0.3 is 0 Å². The molecule has 7 heteroatoms. The van der Waals surface area contributed by atoms with Crippen LogP contribution in [0.5, 0.6) is 0 Å². The summed E-state index contributed by atoms with van der Waals surface area (Å²) in [7, 11) is 3.76. The monoisotopic (exact) mass is 368 g/mol. The number of rotatable bonds is 5. The van der Waals surface area contributed by atoms with Gasteiger partial charge in [0.2, 0.25) is 0 Å². The van der Waals surface area contributed by atoms with E-state index in [0.29, 0.717) is 6.54 Å². The van der Waals surface area contributed by atoms with Crippen molar-refractivity contribution in [2.75, 3.05) is 14.1 Å². The third kappa shape index (κ3) is 4.40. The van der Waals surface area contributed by atoms with Gasteiger partial charge in [-0.2, -0.15) is 0 Å². The molecular formula is C19H21ClN6. The molecule has 0 aliphatic heterocycles. The molecule has 1 heterocycles. The molecule has 0 saturated carbocycles. The number of nitrogens with one attached hydrogen (secondary N) is 1. The number of halogens is 1. The average Bonchev–Trinajstić information content (AvgIpc) is 3.13. The first-order chi connectivity index (χ1) is 12.7. The lowest BCUT2D eigenvalue weighted by Crippen LogP contribution is -2.38. The summed E-state index contributed by atoms with van der Waals surface area (Å²) in [6.07, 6.45) is 1.71. The van der Waals surface area contributed by atoms with Crippen LogP contribution in [0.1, 0.15) is 11.4 Å². The Morgan fingerprint density at radius 3 is 2.58 bits per heavy atom. The second-order valence-electron chi connectivity index (χ2n) is 5.84. The molecule has 1 N–H and O–H groups in total. The maximum absolute atomic E-state index is 5.95. The molecule has 0 spiro atoms. The largest absolute Gasteiger partial charge is 0.349 e. The molecule has 0 amide bonds. The Labute approximate surface area is 158 Å². The molecule has 0 saturated heterocycles. The lowest BCUT2D eigenvalue weighted by atomic mass is 10.2. The summed E-state index contributed by atoms with van der Waals surface area (Å²) in [4.78, 5) is 6.40. The van der Waals surface area contributed by atoms with Gasteiger partial charge in [-0.25, -0.2) is 0 Å². The Morgan fingerprint density at radius 1 is 1.15 bits per heavy atom. The fourth-order valence-corrected chi connectivity index (χ4v) is 2.79. The van der Waals surface area contributed by atoms with E-state index in [-0.39, 0.29) is 0 Å². The van der Waals surface area contributed by atoms with Crippen LogP contribution < -0.4 is 5.32 Å². The minimum Gasteiger partial charge on any atom is -0.349 e. The van der Waals surface area contributed by atoms with E-state index in [1.54, 1.807) is 13.4 Å². The number of nitrogens with zero attached hydrogens (tertiary/aromatic N) is 5. The highest BCUT2D eigenvalue weighted by Crippen LogP contribution is 2.11. The minimum absolute atomic E-state index is 0.520. The van der Waals surface area contributed by atoms with Crippen LogP contribution in [0.25, 0.3) is 5.69 Å². The minimum atomic E-state index is 0.520. The van der Waals surface area contributed by atoms with E-state index >= 15 is 0 Å². The first-order valence-corrected chi connectivity index (χ1v) is 8.65. The molecule has 6 nitrogen and oxygen atoms in total. The van der Waals surface area contributed by atoms with Gasteiger partial charge in [-0.05, 0) is 29.8 Å². The highest BCUT2D eigenvalue weighted by atomic mass is 35.5. The molecule has 0 bridgehead atoms. The summed E-state index contributed by atoms with van der Waals surface area (Å²) in [5, 5.41) is 12.3. The van der Waals surface area contributed by atoms with E-state index < -0.39 is 0 Å². The summed E-state index contributed by atoms with van der Waals surface area (Å²) < 4.78 is 1.96. The quantitative estimate of drug-likeness (QED) is 0.555. The Morgan fingerprint density at radius 2 is 1.88 bits per heavy atom. The van der Waals surface area contributed by atoms with Gasteiger partial charge in [0.05, 0.1) is 6.54 Å².